The van der Waals surface area contributed by atoms with Gasteiger partial charge in [-0.2, -0.15) is 4.31 Å². The lowest BCUT2D eigenvalue weighted by atomic mass is 10.1. The summed E-state index contributed by atoms with van der Waals surface area (Å²) in [5, 5.41) is 5.76. The van der Waals surface area contributed by atoms with Gasteiger partial charge in [-0.05, 0) is 26.8 Å². The molecule has 0 unspecified atom stereocenters. The Bertz CT molecular complexity index is 617. The van der Waals surface area contributed by atoms with E-state index in [1.54, 1.807) is 19.9 Å². The molecule has 1 rings (SSSR count). The Hall–Kier alpha value is -1.67. The van der Waals surface area contributed by atoms with Crippen LogP contribution in [0.4, 0.5) is 5.82 Å². The molecule has 1 aromatic rings. The summed E-state index contributed by atoms with van der Waals surface area (Å²) in [7, 11) is -3.48. The van der Waals surface area contributed by atoms with Crippen LogP contribution in [0.5, 0.6) is 0 Å². The lowest BCUT2D eigenvalue weighted by molar-refractivity contribution is -0.364. The number of nitrogens with zero attached hydrogens (tertiary/aromatic N) is 1. The second kappa shape index (κ2) is 7.74. The van der Waals surface area contributed by atoms with Crippen LogP contribution >= 0.6 is 0 Å². The van der Waals surface area contributed by atoms with Crippen LogP contribution in [0.1, 0.15) is 34.6 Å². The first-order valence-electron chi connectivity index (χ1n) is 7.67. The summed E-state index contributed by atoms with van der Waals surface area (Å²) >= 11 is 0. The van der Waals surface area contributed by atoms with Crippen LogP contribution in [0, 0.1) is 0 Å². The summed E-state index contributed by atoms with van der Waals surface area (Å²) in [6, 6.07) is 3.13. The molecule has 130 valence electrons. The number of aromatic nitrogens is 1. The van der Waals surface area contributed by atoms with Crippen molar-refractivity contribution in [1.82, 2.24) is 9.62 Å². The molecule has 0 saturated heterocycles. The number of carbonyl (C=O) groups is 1. The van der Waals surface area contributed by atoms with Gasteiger partial charge in [0.25, 0.3) is 11.7 Å². The van der Waals surface area contributed by atoms with Crippen LogP contribution < -0.4 is 15.6 Å². The molecule has 0 aliphatic rings. The van der Waals surface area contributed by atoms with Crippen molar-refractivity contribution in [2.75, 3.05) is 25.0 Å². The highest BCUT2D eigenvalue weighted by atomic mass is 32.2. The molecule has 0 saturated carbocycles. The number of hydrogen-bond donors (Lipinski definition) is 2. The molecule has 0 fully saturated rings. The van der Waals surface area contributed by atoms with Gasteiger partial charge in [-0.3, -0.25) is 10.1 Å². The van der Waals surface area contributed by atoms with Crippen molar-refractivity contribution >= 4 is 21.7 Å². The fourth-order valence-electron chi connectivity index (χ4n) is 2.03. The van der Waals surface area contributed by atoms with E-state index in [4.69, 9.17) is 0 Å². The van der Waals surface area contributed by atoms with E-state index < -0.39 is 10.0 Å². The Kier molecular flexibility index (Phi) is 6.52. The number of rotatable bonds is 7. The highest BCUT2D eigenvalue weighted by molar-refractivity contribution is 7.89. The van der Waals surface area contributed by atoms with Crippen molar-refractivity contribution in [3.05, 3.63) is 18.3 Å². The van der Waals surface area contributed by atoms with Crippen molar-refractivity contribution in [1.29, 1.82) is 0 Å². The lowest BCUT2D eigenvalue weighted by Crippen LogP contribution is -2.43. The normalized spacial score (nSPS) is 12.3. The summed E-state index contributed by atoms with van der Waals surface area (Å²) in [5.74, 6) is 0.443. The summed E-state index contributed by atoms with van der Waals surface area (Å²) in [6.45, 7) is 10.3. The number of amides is 1. The zero-order valence-corrected chi connectivity index (χ0v) is 15.3. The number of carbonyl (C=O) groups excluding carboxylic acids is 1. The van der Waals surface area contributed by atoms with Gasteiger partial charge in [-0.15, -0.1) is 0 Å². The molecule has 0 aliphatic carbocycles. The second-order valence-corrected chi connectivity index (χ2v) is 8.12. The van der Waals surface area contributed by atoms with E-state index in [2.05, 4.69) is 15.6 Å². The number of pyridine rings is 1. The molecule has 7 nitrogen and oxygen atoms in total. The van der Waals surface area contributed by atoms with Crippen molar-refractivity contribution in [3.63, 3.8) is 0 Å². The SMILES string of the molecule is CCN(CC)S(=O)(=O)c1ccc(NCC(=O)NC(C)(C)C)[nH+]c1. The Morgan fingerprint density at radius 3 is 2.26 bits per heavy atom. The van der Waals surface area contributed by atoms with Crippen LogP contribution in [-0.2, 0) is 14.8 Å². The minimum Gasteiger partial charge on any atom is -0.348 e. The van der Waals surface area contributed by atoms with Gasteiger partial charge in [0.15, 0.2) is 6.54 Å². The van der Waals surface area contributed by atoms with E-state index in [0.29, 0.717) is 18.9 Å². The molecule has 0 aromatic carbocycles. The maximum atomic E-state index is 12.3. The summed E-state index contributed by atoms with van der Waals surface area (Å²) in [5.41, 5.74) is -0.288. The Morgan fingerprint density at radius 2 is 1.83 bits per heavy atom. The van der Waals surface area contributed by atoms with Gasteiger partial charge in [0.2, 0.25) is 10.0 Å². The second-order valence-electron chi connectivity index (χ2n) is 6.18. The zero-order chi connectivity index (χ0) is 17.7. The third-order valence-electron chi connectivity index (χ3n) is 3.08. The van der Waals surface area contributed by atoms with Gasteiger partial charge in [0.05, 0.1) is 0 Å². The maximum Gasteiger partial charge on any atom is 0.272 e. The van der Waals surface area contributed by atoms with E-state index in [-0.39, 0.29) is 22.9 Å². The number of anilines is 1. The minimum absolute atomic E-state index is 0.107. The molecular formula is C15H27N4O3S+. The largest absolute Gasteiger partial charge is 0.348 e. The minimum atomic E-state index is -3.48. The first kappa shape index (κ1) is 19.4. The summed E-state index contributed by atoms with van der Waals surface area (Å²) in [4.78, 5) is 14.8. The molecule has 23 heavy (non-hydrogen) atoms. The van der Waals surface area contributed by atoms with Gasteiger partial charge < -0.3 is 5.32 Å². The van der Waals surface area contributed by atoms with Crippen LogP contribution in [0.3, 0.4) is 0 Å². The highest BCUT2D eigenvalue weighted by Gasteiger charge is 2.23. The number of aromatic amines is 1. The van der Waals surface area contributed by atoms with Crippen molar-refractivity contribution < 1.29 is 18.2 Å². The third-order valence-corrected chi connectivity index (χ3v) is 5.13. The Balaban J connectivity index is 2.72. The number of nitrogens with one attached hydrogen (secondary N) is 3. The first-order valence-corrected chi connectivity index (χ1v) is 9.11. The quantitative estimate of drug-likeness (QED) is 0.768. The van der Waals surface area contributed by atoms with Crippen molar-refractivity contribution in [2.24, 2.45) is 0 Å². The molecular weight excluding hydrogens is 316 g/mol. The predicted octanol–water partition coefficient (Wildman–Crippen LogP) is 0.858. The van der Waals surface area contributed by atoms with E-state index in [1.165, 1.54) is 16.6 Å². The van der Waals surface area contributed by atoms with E-state index in [1.807, 2.05) is 20.8 Å². The smallest absolute Gasteiger partial charge is 0.272 e. The first-order chi connectivity index (χ1) is 10.6. The molecule has 1 heterocycles. The fourth-order valence-corrected chi connectivity index (χ4v) is 3.46. The number of H-pyrrole nitrogens is 1. The van der Waals surface area contributed by atoms with Gasteiger partial charge in [-0.1, -0.05) is 13.8 Å². The summed E-state index contributed by atoms with van der Waals surface area (Å²) in [6.07, 6.45) is 1.43. The average molecular weight is 343 g/mol. The highest BCUT2D eigenvalue weighted by Crippen LogP contribution is 2.14. The predicted molar refractivity (Wildman–Crippen MR) is 89.5 cm³/mol. The lowest BCUT2D eigenvalue weighted by Gasteiger charge is -2.19. The topological polar surface area (TPSA) is 92.7 Å². The van der Waals surface area contributed by atoms with Crippen molar-refractivity contribution in [2.45, 2.75) is 45.1 Å². The molecule has 0 aliphatic heterocycles. The average Bonchev–Trinajstić information content (AvgIpc) is 2.45. The molecule has 1 aromatic heterocycles. The van der Waals surface area contributed by atoms with Crippen LogP contribution in [0.25, 0.3) is 0 Å². The monoisotopic (exact) mass is 343 g/mol. The maximum absolute atomic E-state index is 12.3. The molecule has 3 N–H and O–H groups in total. The number of sulfonamides is 1. The molecule has 0 spiro atoms. The van der Waals surface area contributed by atoms with Crippen LogP contribution in [0.2, 0.25) is 0 Å². The Morgan fingerprint density at radius 1 is 1.22 bits per heavy atom. The summed E-state index contributed by atoms with van der Waals surface area (Å²) < 4.78 is 26.1. The van der Waals surface area contributed by atoms with Crippen LogP contribution in [0.15, 0.2) is 23.2 Å². The molecule has 8 heteroatoms. The van der Waals surface area contributed by atoms with Crippen LogP contribution in [-0.4, -0.2) is 43.8 Å². The number of hydrogen-bond acceptors (Lipinski definition) is 4. The van der Waals surface area contributed by atoms with Gasteiger partial charge in [0.1, 0.15) is 11.1 Å². The zero-order valence-electron chi connectivity index (χ0n) is 14.4. The molecule has 0 radical (unpaired) electrons. The van der Waals surface area contributed by atoms with E-state index in [9.17, 15) is 13.2 Å². The molecule has 0 atom stereocenters. The standard InChI is InChI=1S/C15H26N4O3S/c1-6-19(7-2)23(21,22)12-8-9-13(16-10-12)17-11-14(20)18-15(3,4)5/h8-10H,6-7,11H2,1-5H3,(H,16,17)(H,18,20)/p+1. The Labute approximate surface area is 138 Å². The van der Waals surface area contributed by atoms with Gasteiger partial charge in [0, 0.05) is 24.7 Å². The fraction of sp³-hybridized carbons (Fsp3) is 0.600. The van der Waals surface area contributed by atoms with Gasteiger partial charge >= 0.3 is 0 Å². The third kappa shape index (κ3) is 5.80. The van der Waals surface area contributed by atoms with Crippen molar-refractivity contribution in [3.8, 4) is 0 Å². The molecule has 0 bridgehead atoms. The van der Waals surface area contributed by atoms with E-state index >= 15 is 0 Å². The molecule has 1 amide bonds. The van der Waals surface area contributed by atoms with E-state index in [0.717, 1.165) is 0 Å². The van der Waals surface area contributed by atoms with Gasteiger partial charge in [-0.25, -0.2) is 13.4 Å².